The third-order valence-corrected chi connectivity index (χ3v) is 4.59. The normalized spacial score (nSPS) is 19.2. The highest BCUT2D eigenvalue weighted by atomic mass is 32.1. The van der Waals surface area contributed by atoms with E-state index in [9.17, 15) is 5.26 Å². The van der Waals surface area contributed by atoms with Crippen LogP contribution >= 0.6 is 12.6 Å². The third kappa shape index (κ3) is 2.81. The van der Waals surface area contributed by atoms with Crippen molar-refractivity contribution in [2.24, 2.45) is 0 Å². The van der Waals surface area contributed by atoms with Gasteiger partial charge in [0.15, 0.2) is 11.5 Å². The summed E-state index contributed by atoms with van der Waals surface area (Å²) in [6.45, 7) is 4.23. The molecule has 2 aromatic carbocycles. The van der Waals surface area contributed by atoms with Gasteiger partial charge in [0.25, 0.3) is 0 Å². The first kappa shape index (κ1) is 16.2. The Hall–Kier alpha value is -2.33. The number of rotatable bonds is 2. The SMILES string of the molecule is CC1(C)OCC(c2cccc3c2c(C#N)nn3-c2ccc(S)cc2)O1. The monoisotopic (exact) mass is 351 g/mol. The van der Waals surface area contributed by atoms with Crippen molar-refractivity contribution in [1.29, 1.82) is 5.26 Å². The average molecular weight is 351 g/mol. The number of hydrogen-bond acceptors (Lipinski definition) is 5. The van der Waals surface area contributed by atoms with Crippen molar-refractivity contribution in [2.75, 3.05) is 6.61 Å². The second-order valence-electron chi connectivity index (χ2n) is 6.45. The summed E-state index contributed by atoms with van der Waals surface area (Å²) in [6, 6.07) is 15.8. The summed E-state index contributed by atoms with van der Waals surface area (Å²) in [5, 5.41) is 14.9. The maximum Gasteiger partial charge on any atom is 0.171 e. The molecule has 2 heterocycles. The second kappa shape index (κ2) is 5.88. The predicted molar refractivity (Wildman–Crippen MR) is 96.9 cm³/mol. The van der Waals surface area contributed by atoms with Crippen LogP contribution in [0.2, 0.25) is 0 Å². The van der Waals surface area contributed by atoms with Crippen molar-refractivity contribution in [3.8, 4) is 11.8 Å². The molecule has 1 saturated heterocycles. The Morgan fingerprint density at radius 2 is 2.00 bits per heavy atom. The van der Waals surface area contributed by atoms with E-state index in [0.29, 0.717) is 12.3 Å². The lowest BCUT2D eigenvalue weighted by Crippen LogP contribution is -2.19. The zero-order chi connectivity index (χ0) is 17.6. The van der Waals surface area contributed by atoms with Crippen LogP contribution in [-0.2, 0) is 9.47 Å². The number of benzene rings is 2. The molecule has 0 N–H and O–H groups in total. The van der Waals surface area contributed by atoms with Gasteiger partial charge in [-0.25, -0.2) is 4.68 Å². The van der Waals surface area contributed by atoms with Crippen LogP contribution in [0.4, 0.5) is 0 Å². The van der Waals surface area contributed by atoms with Gasteiger partial charge >= 0.3 is 0 Å². The summed E-state index contributed by atoms with van der Waals surface area (Å²) in [6.07, 6.45) is -0.219. The summed E-state index contributed by atoms with van der Waals surface area (Å²) in [5.41, 5.74) is 3.06. The molecule has 0 radical (unpaired) electrons. The van der Waals surface area contributed by atoms with E-state index in [0.717, 1.165) is 27.0 Å². The molecular weight excluding hydrogens is 334 g/mol. The van der Waals surface area contributed by atoms with Crippen molar-refractivity contribution >= 4 is 23.5 Å². The molecule has 5 nitrogen and oxygen atoms in total. The maximum atomic E-state index is 9.60. The first-order chi connectivity index (χ1) is 12.0. The van der Waals surface area contributed by atoms with Crippen LogP contribution in [0.25, 0.3) is 16.6 Å². The van der Waals surface area contributed by atoms with Crippen molar-refractivity contribution < 1.29 is 9.47 Å². The molecule has 6 heteroatoms. The van der Waals surface area contributed by atoms with E-state index in [1.54, 1.807) is 4.68 Å². The second-order valence-corrected chi connectivity index (χ2v) is 6.96. The van der Waals surface area contributed by atoms with Crippen molar-refractivity contribution in [2.45, 2.75) is 30.6 Å². The summed E-state index contributed by atoms with van der Waals surface area (Å²) in [4.78, 5) is 0.875. The van der Waals surface area contributed by atoms with Crippen molar-refractivity contribution in [3.63, 3.8) is 0 Å². The largest absolute Gasteiger partial charge is 0.347 e. The van der Waals surface area contributed by atoms with Gasteiger partial charge in [-0.3, -0.25) is 0 Å². The van der Waals surface area contributed by atoms with Crippen LogP contribution in [0.3, 0.4) is 0 Å². The molecule has 1 aliphatic heterocycles. The van der Waals surface area contributed by atoms with E-state index in [1.165, 1.54) is 0 Å². The number of thiol groups is 1. The average Bonchev–Trinajstić information content (AvgIpc) is 3.15. The minimum atomic E-state index is -0.627. The van der Waals surface area contributed by atoms with Crippen molar-refractivity contribution in [3.05, 3.63) is 53.7 Å². The lowest BCUT2D eigenvalue weighted by molar-refractivity contribution is -0.138. The zero-order valence-corrected chi connectivity index (χ0v) is 14.8. The Kier molecular flexibility index (Phi) is 3.80. The maximum absolute atomic E-state index is 9.60. The van der Waals surface area contributed by atoms with E-state index < -0.39 is 5.79 Å². The highest BCUT2D eigenvalue weighted by molar-refractivity contribution is 7.80. The van der Waals surface area contributed by atoms with Gasteiger partial charge in [0.05, 0.1) is 17.8 Å². The summed E-state index contributed by atoms with van der Waals surface area (Å²) >= 11 is 4.32. The fourth-order valence-corrected chi connectivity index (χ4v) is 3.32. The quantitative estimate of drug-likeness (QED) is 0.709. The summed E-state index contributed by atoms with van der Waals surface area (Å²) in [5.74, 6) is -0.627. The first-order valence-corrected chi connectivity index (χ1v) is 8.46. The molecular formula is C19H17N3O2S. The Morgan fingerprint density at radius 3 is 2.64 bits per heavy atom. The fourth-order valence-electron chi connectivity index (χ4n) is 3.17. The molecule has 4 rings (SSSR count). The lowest BCUT2D eigenvalue weighted by Gasteiger charge is -2.17. The van der Waals surface area contributed by atoms with Gasteiger partial charge in [0.2, 0.25) is 0 Å². The Bertz CT molecular complexity index is 986. The van der Waals surface area contributed by atoms with Gasteiger partial charge in [0.1, 0.15) is 12.2 Å². The Morgan fingerprint density at radius 1 is 1.24 bits per heavy atom. The number of nitrogens with zero attached hydrogens (tertiary/aromatic N) is 3. The molecule has 0 aliphatic carbocycles. The highest BCUT2D eigenvalue weighted by Crippen LogP contribution is 2.37. The molecule has 0 bridgehead atoms. The zero-order valence-electron chi connectivity index (χ0n) is 13.9. The molecule has 1 aromatic heterocycles. The van der Waals surface area contributed by atoms with Gasteiger partial charge in [0, 0.05) is 10.3 Å². The highest BCUT2D eigenvalue weighted by Gasteiger charge is 2.35. The molecule has 1 aliphatic rings. The molecule has 126 valence electrons. The molecule has 1 fully saturated rings. The predicted octanol–water partition coefficient (Wildman–Crippen LogP) is 4.01. The third-order valence-electron chi connectivity index (χ3n) is 4.30. The van der Waals surface area contributed by atoms with Gasteiger partial charge in [-0.15, -0.1) is 12.6 Å². The molecule has 1 atom stereocenters. The van der Waals surface area contributed by atoms with Crippen LogP contribution in [0.15, 0.2) is 47.4 Å². The smallest absolute Gasteiger partial charge is 0.171 e. The number of aromatic nitrogens is 2. The first-order valence-electron chi connectivity index (χ1n) is 8.01. The molecule has 0 spiro atoms. The molecule has 0 amide bonds. The molecule has 0 saturated carbocycles. The Labute approximate surface area is 151 Å². The van der Waals surface area contributed by atoms with Gasteiger partial charge in [-0.2, -0.15) is 10.4 Å². The number of fused-ring (bicyclic) bond motifs is 1. The summed E-state index contributed by atoms with van der Waals surface area (Å²) in [7, 11) is 0. The fraction of sp³-hybridized carbons (Fsp3) is 0.263. The van der Waals surface area contributed by atoms with Crippen LogP contribution in [0.1, 0.15) is 31.2 Å². The van der Waals surface area contributed by atoms with Gasteiger partial charge in [-0.05, 0) is 49.7 Å². The van der Waals surface area contributed by atoms with E-state index in [1.807, 2.05) is 56.3 Å². The number of nitriles is 1. The molecule has 25 heavy (non-hydrogen) atoms. The van der Waals surface area contributed by atoms with E-state index in [2.05, 4.69) is 23.8 Å². The van der Waals surface area contributed by atoms with E-state index in [4.69, 9.17) is 9.47 Å². The lowest BCUT2D eigenvalue weighted by atomic mass is 10.0. The molecule has 3 aromatic rings. The molecule has 1 unspecified atom stereocenters. The van der Waals surface area contributed by atoms with Crippen LogP contribution < -0.4 is 0 Å². The topological polar surface area (TPSA) is 60.1 Å². The summed E-state index contributed by atoms with van der Waals surface area (Å²) < 4.78 is 13.5. The van der Waals surface area contributed by atoms with Crippen LogP contribution in [0.5, 0.6) is 0 Å². The Balaban J connectivity index is 1.90. The standard InChI is InChI=1S/C19H17N3O2S/c1-19(2)23-11-17(24-19)14-4-3-5-16-18(14)15(10-20)21-22(16)12-6-8-13(25)9-7-12/h3-9,17,25H,11H2,1-2H3. The minimum Gasteiger partial charge on any atom is -0.347 e. The van der Waals surface area contributed by atoms with Gasteiger partial charge in [-0.1, -0.05) is 12.1 Å². The number of ether oxygens (including phenoxy) is 2. The van der Waals surface area contributed by atoms with Crippen LogP contribution in [-0.4, -0.2) is 22.2 Å². The van der Waals surface area contributed by atoms with Crippen LogP contribution in [0, 0.1) is 11.3 Å². The van der Waals surface area contributed by atoms with E-state index >= 15 is 0 Å². The van der Waals surface area contributed by atoms with E-state index in [-0.39, 0.29) is 6.10 Å². The minimum absolute atomic E-state index is 0.219. The van der Waals surface area contributed by atoms with Crippen molar-refractivity contribution in [1.82, 2.24) is 9.78 Å². The van der Waals surface area contributed by atoms with Gasteiger partial charge < -0.3 is 9.47 Å². The number of hydrogen-bond donors (Lipinski definition) is 1.